The maximum Gasteiger partial charge on any atom is 0.147 e. The number of piperidine rings is 1. The molecule has 134 valence electrons. The zero-order valence-electron chi connectivity index (χ0n) is 15.1. The van der Waals surface area contributed by atoms with Crippen LogP contribution in [0.25, 0.3) is 5.69 Å². The van der Waals surface area contributed by atoms with Gasteiger partial charge in [0.05, 0.1) is 5.69 Å². The van der Waals surface area contributed by atoms with Gasteiger partial charge in [0.25, 0.3) is 0 Å². The Morgan fingerprint density at radius 1 is 1.28 bits per heavy atom. The van der Waals surface area contributed by atoms with Gasteiger partial charge in [0.1, 0.15) is 11.6 Å². The normalized spacial score (nSPS) is 25.1. The highest BCUT2D eigenvalue weighted by molar-refractivity contribution is 5.38. The first-order valence-corrected chi connectivity index (χ1v) is 9.41. The fraction of sp³-hybridized carbons (Fsp3) is 0.550. The molecule has 2 aliphatic rings. The van der Waals surface area contributed by atoms with E-state index in [2.05, 4.69) is 22.1 Å². The topological polar surface area (TPSA) is 33.1 Å². The predicted octanol–water partition coefficient (Wildman–Crippen LogP) is 3.60. The molecule has 1 aromatic heterocycles. The van der Waals surface area contributed by atoms with Crippen LogP contribution in [0, 0.1) is 12.7 Å². The highest BCUT2D eigenvalue weighted by Crippen LogP contribution is 2.28. The Morgan fingerprint density at radius 3 is 2.92 bits per heavy atom. The van der Waals surface area contributed by atoms with E-state index in [1.807, 2.05) is 19.1 Å². The molecule has 5 heteroatoms. The molecule has 2 fully saturated rings. The Morgan fingerprint density at radius 2 is 2.16 bits per heavy atom. The third-order valence-corrected chi connectivity index (χ3v) is 5.86. The van der Waals surface area contributed by atoms with Crippen molar-refractivity contribution in [2.75, 3.05) is 13.1 Å². The van der Waals surface area contributed by atoms with Crippen molar-refractivity contribution in [2.45, 2.75) is 57.7 Å². The van der Waals surface area contributed by atoms with Crippen LogP contribution in [0.4, 0.5) is 4.39 Å². The minimum absolute atomic E-state index is 0.158. The average Bonchev–Trinajstić information content (AvgIpc) is 3.23. The molecule has 4 rings (SSSR count). The zero-order valence-corrected chi connectivity index (χ0v) is 15.1. The van der Waals surface area contributed by atoms with Gasteiger partial charge in [0.2, 0.25) is 0 Å². The zero-order chi connectivity index (χ0) is 17.4. The summed E-state index contributed by atoms with van der Waals surface area (Å²) in [6.07, 6.45) is 8.58. The van der Waals surface area contributed by atoms with E-state index in [0.29, 0.717) is 11.7 Å². The van der Waals surface area contributed by atoms with E-state index in [4.69, 9.17) is 0 Å². The second-order valence-corrected chi connectivity index (χ2v) is 7.50. The van der Waals surface area contributed by atoms with Crippen molar-refractivity contribution in [1.29, 1.82) is 0 Å². The maximum atomic E-state index is 14.6. The smallest absolute Gasteiger partial charge is 0.147 e. The number of imidazole rings is 1. The van der Waals surface area contributed by atoms with Crippen LogP contribution >= 0.6 is 0 Å². The summed E-state index contributed by atoms with van der Waals surface area (Å²) < 4.78 is 16.4. The van der Waals surface area contributed by atoms with E-state index in [1.165, 1.54) is 38.8 Å². The Balaban J connectivity index is 1.44. The van der Waals surface area contributed by atoms with Crippen LogP contribution in [-0.4, -0.2) is 39.6 Å². The van der Waals surface area contributed by atoms with Crippen molar-refractivity contribution in [3.63, 3.8) is 0 Å². The molecule has 0 saturated carbocycles. The lowest BCUT2D eigenvalue weighted by Gasteiger charge is -2.36. The molecule has 4 nitrogen and oxygen atoms in total. The van der Waals surface area contributed by atoms with Gasteiger partial charge in [-0.25, -0.2) is 9.37 Å². The second-order valence-electron chi connectivity index (χ2n) is 7.50. The standard InChI is InChI=1S/C20H27FN4/c1-14(23-17-7-10-24-9-3-4-18(24)13-17)16-5-6-20(19(21)12-16)25-11-8-22-15(25)2/h5-6,8,11-12,14,17-18,23H,3-4,7,9-10,13H2,1-2H3/t14-,17-,18+/m0/s1. The molecule has 0 unspecified atom stereocenters. The van der Waals surface area contributed by atoms with Crippen LogP contribution in [0.3, 0.4) is 0 Å². The van der Waals surface area contributed by atoms with E-state index >= 15 is 0 Å². The minimum atomic E-state index is -0.196. The third kappa shape index (κ3) is 3.35. The first-order valence-electron chi connectivity index (χ1n) is 9.41. The number of halogens is 1. The number of benzene rings is 1. The van der Waals surface area contributed by atoms with Gasteiger partial charge in [-0.1, -0.05) is 6.07 Å². The SMILES string of the molecule is Cc1nccn1-c1ccc([C@H](C)N[C@H]2CCN3CCC[C@@H]3C2)cc1F. The third-order valence-electron chi connectivity index (χ3n) is 5.86. The summed E-state index contributed by atoms with van der Waals surface area (Å²) >= 11 is 0. The van der Waals surface area contributed by atoms with Crippen molar-refractivity contribution >= 4 is 0 Å². The summed E-state index contributed by atoms with van der Waals surface area (Å²) in [5, 5.41) is 3.73. The van der Waals surface area contributed by atoms with Gasteiger partial charge in [-0.3, -0.25) is 0 Å². The van der Waals surface area contributed by atoms with Crippen molar-refractivity contribution < 1.29 is 4.39 Å². The molecule has 3 heterocycles. The fourth-order valence-corrected chi connectivity index (χ4v) is 4.45. The molecule has 0 spiro atoms. The molecule has 1 N–H and O–H groups in total. The summed E-state index contributed by atoms with van der Waals surface area (Å²) in [6.45, 7) is 6.49. The molecular formula is C20H27FN4. The monoisotopic (exact) mass is 342 g/mol. The molecule has 0 bridgehead atoms. The van der Waals surface area contributed by atoms with Gasteiger partial charge < -0.3 is 14.8 Å². The van der Waals surface area contributed by atoms with Crippen LogP contribution in [0.15, 0.2) is 30.6 Å². The maximum absolute atomic E-state index is 14.6. The van der Waals surface area contributed by atoms with E-state index in [-0.39, 0.29) is 11.9 Å². The number of aromatic nitrogens is 2. The van der Waals surface area contributed by atoms with Crippen molar-refractivity contribution in [3.8, 4) is 5.69 Å². The highest BCUT2D eigenvalue weighted by Gasteiger charge is 2.32. The fourth-order valence-electron chi connectivity index (χ4n) is 4.45. The second kappa shape index (κ2) is 6.89. The lowest BCUT2D eigenvalue weighted by molar-refractivity contribution is 0.162. The largest absolute Gasteiger partial charge is 0.307 e. The van der Waals surface area contributed by atoms with E-state index in [9.17, 15) is 4.39 Å². The molecule has 2 saturated heterocycles. The molecule has 0 amide bonds. The van der Waals surface area contributed by atoms with Crippen molar-refractivity contribution in [2.24, 2.45) is 0 Å². The Labute approximate surface area is 149 Å². The molecule has 3 atom stereocenters. The Kier molecular flexibility index (Phi) is 4.61. The van der Waals surface area contributed by atoms with Crippen LogP contribution in [0.5, 0.6) is 0 Å². The molecule has 1 aromatic carbocycles. The quantitative estimate of drug-likeness (QED) is 0.922. The number of hydrogen-bond donors (Lipinski definition) is 1. The molecule has 0 aliphatic carbocycles. The number of rotatable bonds is 4. The van der Waals surface area contributed by atoms with Gasteiger partial charge in [-0.15, -0.1) is 0 Å². The molecular weight excluding hydrogens is 315 g/mol. The summed E-state index contributed by atoms with van der Waals surface area (Å²) in [5.41, 5.74) is 1.57. The van der Waals surface area contributed by atoms with Gasteiger partial charge in [0, 0.05) is 30.5 Å². The minimum Gasteiger partial charge on any atom is -0.307 e. The van der Waals surface area contributed by atoms with E-state index in [1.54, 1.807) is 23.0 Å². The van der Waals surface area contributed by atoms with Gasteiger partial charge >= 0.3 is 0 Å². The first-order chi connectivity index (χ1) is 12.1. The van der Waals surface area contributed by atoms with E-state index in [0.717, 1.165) is 17.4 Å². The molecule has 2 aliphatic heterocycles. The van der Waals surface area contributed by atoms with Crippen molar-refractivity contribution in [3.05, 3.63) is 47.8 Å². The lowest BCUT2D eigenvalue weighted by atomic mass is 9.96. The van der Waals surface area contributed by atoms with Crippen LogP contribution in [0.1, 0.15) is 50.0 Å². The Bertz CT molecular complexity index is 741. The first kappa shape index (κ1) is 16.7. The van der Waals surface area contributed by atoms with Gasteiger partial charge in [-0.2, -0.15) is 0 Å². The number of nitrogens with zero attached hydrogens (tertiary/aromatic N) is 3. The summed E-state index contributed by atoms with van der Waals surface area (Å²) in [4.78, 5) is 6.81. The molecule has 0 radical (unpaired) electrons. The Hall–Kier alpha value is -1.72. The molecule has 25 heavy (non-hydrogen) atoms. The average molecular weight is 342 g/mol. The van der Waals surface area contributed by atoms with Crippen LogP contribution < -0.4 is 5.32 Å². The molecule has 2 aromatic rings. The number of hydrogen-bond acceptors (Lipinski definition) is 3. The number of fused-ring (bicyclic) bond motifs is 1. The van der Waals surface area contributed by atoms with Crippen LogP contribution in [0.2, 0.25) is 0 Å². The highest BCUT2D eigenvalue weighted by atomic mass is 19.1. The number of nitrogens with one attached hydrogen (secondary N) is 1. The number of aryl methyl sites for hydroxylation is 1. The summed E-state index contributed by atoms with van der Waals surface area (Å²) in [6, 6.07) is 6.99. The van der Waals surface area contributed by atoms with Crippen LogP contribution in [-0.2, 0) is 0 Å². The predicted molar refractivity (Wildman–Crippen MR) is 97.4 cm³/mol. The van der Waals surface area contributed by atoms with Gasteiger partial charge in [0.15, 0.2) is 0 Å². The summed E-state index contributed by atoms with van der Waals surface area (Å²) in [5.74, 6) is 0.596. The van der Waals surface area contributed by atoms with Gasteiger partial charge in [-0.05, 0) is 70.3 Å². The van der Waals surface area contributed by atoms with Crippen molar-refractivity contribution in [1.82, 2.24) is 19.8 Å². The lowest BCUT2D eigenvalue weighted by Crippen LogP contribution is -2.46. The van der Waals surface area contributed by atoms with E-state index < -0.39 is 0 Å². The summed E-state index contributed by atoms with van der Waals surface area (Å²) in [7, 11) is 0.